The zero-order valence-electron chi connectivity index (χ0n) is 9.54. The molecule has 13 nitrogen and oxygen atoms in total. The van der Waals surface area contributed by atoms with Crippen LogP contribution in [-0.4, -0.2) is 54.1 Å². The van der Waals surface area contributed by atoms with E-state index >= 15 is 0 Å². The summed E-state index contributed by atoms with van der Waals surface area (Å²) >= 11 is 0. The van der Waals surface area contributed by atoms with Crippen molar-refractivity contribution in [3.05, 3.63) is 0 Å². The summed E-state index contributed by atoms with van der Waals surface area (Å²) in [6.07, 6.45) is 5.37. The van der Waals surface area contributed by atoms with Gasteiger partial charge in [-0.3, -0.25) is 0 Å². The monoisotopic (exact) mass is 324 g/mol. The molecule has 0 saturated carbocycles. The third kappa shape index (κ3) is 5.05. The molecule has 104 valence electrons. The van der Waals surface area contributed by atoms with E-state index in [-0.39, 0.29) is 0 Å². The zero-order chi connectivity index (χ0) is 16.2. The quantitative estimate of drug-likeness (QED) is 0.277. The summed E-state index contributed by atoms with van der Waals surface area (Å²) in [6, 6.07) is 0. The summed E-state index contributed by atoms with van der Waals surface area (Å²) in [7, 11) is -9.39. The van der Waals surface area contributed by atoms with Gasteiger partial charge < -0.3 is 4.12 Å². The molecule has 0 atom stereocenters. The molecule has 0 aliphatic heterocycles. The smallest absolute Gasteiger partial charge is 0.349 e. The lowest BCUT2D eigenvalue weighted by molar-refractivity contribution is 0.506. The first-order valence-corrected chi connectivity index (χ1v) is 7.82. The highest BCUT2D eigenvalue weighted by atomic mass is 28.5. The Labute approximate surface area is 116 Å². The molecule has 15 heteroatoms. The van der Waals surface area contributed by atoms with E-state index in [0.29, 0.717) is 0 Å². The Morgan fingerprint density at radius 1 is 0.476 bits per heavy atom. The Morgan fingerprint density at radius 3 is 0.810 bits per heavy atom. The second kappa shape index (κ2) is 8.72. The number of isocyanates is 6. The number of hydrogen-bond donors (Lipinski definition) is 0. The molecular formula is C6N6O7Si2. The van der Waals surface area contributed by atoms with Crippen molar-refractivity contribution in [2.24, 2.45) is 27.9 Å². The van der Waals surface area contributed by atoms with Crippen LogP contribution in [0.25, 0.3) is 0 Å². The molecule has 0 aromatic rings. The van der Waals surface area contributed by atoms with Gasteiger partial charge in [-0.25, -0.2) is 28.8 Å². The van der Waals surface area contributed by atoms with Gasteiger partial charge >= 0.3 is 17.6 Å². The van der Waals surface area contributed by atoms with E-state index < -0.39 is 17.6 Å². The van der Waals surface area contributed by atoms with Crippen LogP contribution in [0.4, 0.5) is 0 Å². The topological polar surface area (TPSA) is 186 Å². The van der Waals surface area contributed by atoms with Gasteiger partial charge in [0.1, 0.15) is 0 Å². The molecule has 0 aliphatic carbocycles. The van der Waals surface area contributed by atoms with Crippen LogP contribution in [-0.2, 0) is 32.9 Å². The van der Waals surface area contributed by atoms with Crippen molar-refractivity contribution >= 4 is 54.1 Å². The van der Waals surface area contributed by atoms with Crippen LogP contribution in [0.3, 0.4) is 0 Å². The van der Waals surface area contributed by atoms with Gasteiger partial charge in [-0.15, -0.1) is 0 Å². The van der Waals surface area contributed by atoms with Crippen LogP contribution in [0, 0.1) is 0 Å². The lowest BCUT2D eigenvalue weighted by atomic mass is 11.7. The Kier molecular flexibility index (Phi) is 7.34. The average molecular weight is 324 g/mol. The molecule has 0 rings (SSSR count). The van der Waals surface area contributed by atoms with E-state index in [1.807, 2.05) is 0 Å². The maximum atomic E-state index is 10.3. The number of nitrogens with zero attached hydrogens (tertiary/aromatic N) is 6. The molecule has 0 spiro atoms. The van der Waals surface area contributed by atoms with Crippen molar-refractivity contribution in [3.63, 3.8) is 0 Å². The highest BCUT2D eigenvalue weighted by Gasteiger charge is 2.54. The van der Waals surface area contributed by atoms with E-state index in [1.165, 1.54) is 0 Å². The van der Waals surface area contributed by atoms with Crippen LogP contribution in [0.2, 0.25) is 0 Å². The molecule has 0 fully saturated rings. The van der Waals surface area contributed by atoms with Crippen LogP contribution >= 0.6 is 0 Å². The van der Waals surface area contributed by atoms with Crippen molar-refractivity contribution in [1.82, 2.24) is 0 Å². The van der Waals surface area contributed by atoms with Crippen LogP contribution in [0.15, 0.2) is 27.9 Å². The first-order valence-electron chi connectivity index (χ1n) is 4.32. The molecule has 0 heterocycles. The van der Waals surface area contributed by atoms with Gasteiger partial charge in [-0.2, -0.15) is 27.9 Å². The van der Waals surface area contributed by atoms with E-state index in [2.05, 4.69) is 27.9 Å². The maximum absolute atomic E-state index is 10.3. The Bertz CT molecular complexity index is 548. The minimum Gasteiger partial charge on any atom is -0.349 e. The molecular weight excluding hydrogens is 324 g/mol. The van der Waals surface area contributed by atoms with Crippen LogP contribution in [0.5, 0.6) is 0 Å². The number of rotatable bonds is 8. The van der Waals surface area contributed by atoms with Gasteiger partial charge in [-0.05, 0) is 0 Å². The molecule has 0 aromatic heterocycles. The Balaban J connectivity index is 6.39. The van der Waals surface area contributed by atoms with Crippen molar-refractivity contribution in [2.45, 2.75) is 0 Å². The van der Waals surface area contributed by atoms with Crippen LogP contribution < -0.4 is 0 Å². The fourth-order valence-corrected chi connectivity index (χ4v) is 4.41. The standard InChI is InChI=1S/C6N6O7Si2/c13-1-7-20(8-2-14,9-3-15)19-21(10-4-16,11-5-17)12-6-18. The summed E-state index contributed by atoms with van der Waals surface area (Å²) < 4.78 is 22.1. The predicted molar refractivity (Wildman–Crippen MR) is 61.3 cm³/mol. The molecule has 0 radical (unpaired) electrons. The minimum absolute atomic E-state index is 0.895. The van der Waals surface area contributed by atoms with Gasteiger partial charge in [0.25, 0.3) is 0 Å². The Morgan fingerprint density at radius 2 is 0.667 bits per heavy atom. The van der Waals surface area contributed by atoms with E-state index in [9.17, 15) is 28.8 Å². The molecule has 0 bridgehead atoms. The predicted octanol–water partition coefficient (Wildman–Crippen LogP) is -2.11. The highest BCUT2D eigenvalue weighted by Crippen LogP contribution is 2.20. The molecule has 0 aliphatic rings. The van der Waals surface area contributed by atoms with Gasteiger partial charge in [0.2, 0.25) is 36.5 Å². The zero-order valence-corrected chi connectivity index (χ0v) is 11.5. The molecule has 0 amide bonds. The summed E-state index contributed by atoms with van der Waals surface area (Å²) in [5.41, 5.74) is 0. The van der Waals surface area contributed by atoms with Gasteiger partial charge in [-0.1, -0.05) is 0 Å². The number of hydrogen-bond acceptors (Lipinski definition) is 13. The molecule has 0 N–H and O–H groups in total. The third-order valence-corrected chi connectivity index (χ3v) is 5.91. The van der Waals surface area contributed by atoms with Crippen molar-refractivity contribution in [3.8, 4) is 0 Å². The Hall–Kier alpha value is -3.33. The largest absolute Gasteiger partial charge is 0.627 e. The fourth-order valence-electron chi connectivity index (χ4n) is 0.827. The normalized spacial score (nSPS) is 13.7. The van der Waals surface area contributed by atoms with E-state index in [0.717, 1.165) is 36.5 Å². The van der Waals surface area contributed by atoms with E-state index in [1.54, 1.807) is 0 Å². The maximum Gasteiger partial charge on any atom is 0.627 e. The summed E-state index contributed by atoms with van der Waals surface area (Å²) in [4.78, 5) is 61.8. The SMILES string of the molecule is O=C=N[Si](N=C=O)(N=C=O)O[Si](N=C=O)(N=C=O)N=C=O. The second-order valence-electron chi connectivity index (χ2n) is 2.47. The molecule has 0 saturated heterocycles. The first kappa shape index (κ1) is 17.7. The lowest BCUT2D eigenvalue weighted by Gasteiger charge is -2.17. The van der Waals surface area contributed by atoms with Crippen molar-refractivity contribution < 1.29 is 32.9 Å². The fraction of sp³-hybridized carbons (Fsp3) is 0. The van der Waals surface area contributed by atoms with Gasteiger partial charge in [0.05, 0.1) is 0 Å². The average Bonchev–Trinajstić information content (AvgIpc) is 2.40. The summed E-state index contributed by atoms with van der Waals surface area (Å²) in [6.45, 7) is 0. The number of carbonyl (C=O) groups excluding carboxylic acids is 6. The van der Waals surface area contributed by atoms with Crippen molar-refractivity contribution in [2.75, 3.05) is 0 Å². The molecule has 21 heavy (non-hydrogen) atoms. The molecule has 0 aromatic carbocycles. The summed E-state index contributed by atoms with van der Waals surface area (Å²) in [5, 5.41) is 0. The second-order valence-corrected chi connectivity index (χ2v) is 6.92. The third-order valence-electron chi connectivity index (χ3n) is 1.42. The molecule has 0 unspecified atom stereocenters. The van der Waals surface area contributed by atoms with Crippen LogP contribution in [0.1, 0.15) is 0 Å². The van der Waals surface area contributed by atoms with Crippen molar-refractivity contribution in [1.29, 1.82) is 0 Å². The highest BCUT2D eigenvalue weighted by molar-refractivity contribution is 6.84. The lowest BCUT2D eigenvalue weighted by Crippen LogP contribution is -2.46. The minimum atomic E-state index is -4.69. The first-order chi connectivity index (χ1) is 10.1. The van der Waals surface area contributed by atoms with Gasteiger partial charge in [0, 0.05) is 0 Å². The van der Waals surface area contributed by atoms with E-state index in [4.69, 9.17) is 4.12 Å². The summed E-state index contributed by atoms with van der Waals surface area (Å²) in [5.74, 6) is 0. The van der Waals surface area contributed by atoms with Gasteiger partial charge in [0.15, 0.2) is 0 Å².